The van der Waals surface area contributed by atoms with Crippen LogP contribution in [0.3, 0.4) is 0 Å². The van der Waals surface area contributed by atoms with Crippen molar-refractivity contribution in [2.45, 2.75) is 45.4 Å². The third kappa shape index (κ3) is 4.50. The van der Waals surface area contributed by atoms with Gasteiger partial charge in [0.2, 0.25) is 0 Å². The summed E-state index contributed by atoms with van der Waals surface area (Å²) in [6.45, 7) is 6.03. The Kier molecular flexibility index (Phi) is 7.49. The van der Waals surface area contributed by atoms with E-state index in [0.29, 0.717) is 5.92 Å². The van der Waals surface area contributed by atoms with Crippen molar-refractivity contribution in [3.8, 4) is 0 Å². The lowest BCUT2D eigenvalue weighted by Crippen LogP contribution is -2.27. The maximum Gasteiger partial charge on any atom is 0.0585 e. The van der Waals surface area contributed by atoms with Crippen molar-refractivity contribution in [2.24, 2.45) is 0 Å². The van der Waals surface area contributed by atoms with Crippen molar-refractivity contribution in [3.63, 3.8) is 0 Å². The molecule has 0 fully saturated rings. The van der Waals surface area contributed by atoms with E-state index in [1.807, 2.05) is 26.2 Å². The summed E-state index contributed by atoms with van der Waals surface area (Å²) in [7, 11) is 3.93. The number of aromatic nitrogens is 1. The molecule has 0 aliphatic carbocycles. The number of pyridine rings is 1. The van der Waals surface area contributed by atoms with Crippen LogP contribution >= 0.6 is 0 Å². The molecule has 1 aromatic heterocycles. The molecule has 19 heavy (non-hydrogen) atoms. The Labute approximate surface area is 118 Å². The third-order valence-electron chi connectivity index (χ3n) is 3.65. The average Bonchev–Trinajstić information content (AvgIpc) is 2.48. The summed E-state index contributed by atoms with van der Waals surface area (Å²) in [6.07, 6.45) is 8.87. The lowest BCUT2D eigenvalue weighted by atomic mass is 9.87. The van der Waals surface area contributed by atoms with Crippen LogP contribution in [0.5, 0.6) is 0 Å². The van der Waals surface area contributed by atoms with Gasteiger partial charge in [-0.05, 0) is 36.8 Å². The Morgan fingerprint density at radius 3 is 2.89 bits per heavy atom. The average molecular weight is 264 g/mol. The highest BCUT2D eigenvalue weighted by Gasteiger charge is 2.22. The summed E-state index contributed by atoms with van der Waals surface area (Å²) in [5, 5.41) is 0. The van der Waals surface area contributed by atoms with Crippen molar-refractivity contribution in [1.82, 2.24) is 4.98 Å². The van der Waals surface area contributed by atoms with E-state index in [1.54, 1.807) is 7.11 Å². The molecule has 1 atom stereocenters. The summed E-state index contributed by atoms with van der Waals surface area (Å²) < 4.78 is 5.10. The Morgan fingerprint density at radius 2 is 2.16 bits per heavy atom. The van der Waals surface area contributed by atoms with Gasteiger partial charge in [-0.25, -0.2) is 0 Å². The topological polar surface area (TPSA) is 25.4 Å². The van der Waals surface area contributed by atoms with Crippen LogP contribution < -0.4 is 4.90 Å². The number of unbranched alkanes of at least 4 members (excludes halogenated alkanes) is 1. The number of rotatable bonds is 5. The number of ether oxygens (including phenoxy) is 1. The molecule has 1 aliphatic heterocycles. The van der Waals surface area contributed by atoms with Gasteiger partial charge in [0.1, 0.15) is 0 Å². The lowest BCUT2D eigenvalue weighted by molar-refractivity contribution is 0.191. The Bertz CT molecular complexity index is 354. The van der Waals surface area contributed by atoms with Gasteiger partial charge in [-0.3, -0.25) is 4.98 Å². The van der Waals surface area contributed by atoms with Crippen LogP contribution in [0.2, 0.25) is 0 Å². The van der Waals surface area contributed by atoms with Crippen molar-refractivity contribution < 1.29 is 4.74 Å². The number of fused-ring (bicyclic) bond motifs is 1. The third-order valence-corrected chi connectivity index (χ3v) is 3.65. The molecule has 2 heterocycles. The molecule has 3 heteroatoms. The minimum atomic E-state index is 0.709. The van der Waals surface area contributed by atoms with Crippen molar-refractivity contribution in [2.75, 3.05) is 32.2 Å². The van der Waals surface area contributed by atoms with Crippen LogP contribution in [0.1, 0.15) is 51.0 Å². The van der Waals surface area contributed by atoms with E-state index in [4.69, 9.17) is 4.74 Å². The van der Waals surface area contributed by atoms with E-state index in [-0.39, 0.29) is 0 Å². The minimum Gasteiger partial charge on any atom is -0.385 e. The summed E-state index contributed by atoms with van der Waals surface area (Å²) >= 11 is 0. The van der Waals surface area contributed by atoms with Gasteiger partial charge in [0.25, 0.3) is 0 Å². The normalized spacial score (nSPS) is 17.5. The molecule has 108 valence electrons. The zero-order valence-electron chi connectivity index (χ0n) is 12.9. The Hall–Kier alpha value is -1.09. The summed E-state index contributed by atoms with van der Waals surface area (Å²) in [5.41, 5.74) is 2.79. The number of methoxy groups -OCH3 is 1. The molecule has 0 saturated carbocycles. The molecule has 1 aromatic rings. The smallest absolute Gasteiger partial charge is 0.0585 e. The molecule has 3 nitrogen and oxygen atoms in total. The van der Waals surface area contributed by atoms with Gasteiger partial charge < -0.3 is 9.64 Å². The fourth-order valence-electron chi connectivity index (χ4n) is 2.62. The Morgan fingerprint density at radius 1 is 1.37 bits per heavy atom. The highest BCUT2D eigenvalue weighted by Crippen LogP contribution is 2.36. The monoisotopic (exact) mass is 264 g/mol. The van der Waals surface area contributed by atoms with Gasteiger partial charge >= 0.3 is 0 Å². The number of hydrogen-bond donors (Lipinski definition) is 0. The predicted octanol–water partition coefficient (Wildman–Crippen LogP) is 3.85. The zero-order valence-corrected chi connectivity index (χ0v) is 12.9. The molecule has 0 spiro atoms. The zero-order chi connectivity index (χ0) is 14.1. The summed E-state index contributed by atoms with van der Waals surface area (Å²) in [5.74, 6) is 0.709. The maximum atomic E-state index is 5.10. The largest absolute Gasteiger partial charge is 0.385 e. The second-order valence-electron chi connectivity index (χ2n) is 4.83. The molecular weight excluding hydrogens is 236 g/mol. The molecule has 1 aliphatic rings. The van der Waals surface area contributed by atoms with Crippen LogP contribution in [0, 0.1) is 0 Å². The molecule has 0 N–H and O–H groups in total. The van der Waals surface area contributed by atoms with Gasteiger partial charge in [-0.15, -0.1) is 0 Å². The van der Waals surface area contributed by atoms with E-state index in [1.165, 1.54) is 36.9 Å². The second-order valence-corrected chi connectivity index (χ2v) is 4.83. The van der Waals surface area contributed by atoms with E-state index in [9.17, 15) is 0 Å². The molecule has 0 radical (unpaired) electrons. The van der Waals surface area contributed by atoms with Gasteiger partial charge in [0.15, 0.2) is 0 Å². The van der Waals surface area contributed by atoms with Gasteiger partial charge in [0.05, 0.1) is 11.9 Å². The summed E-state index contributed by atoms with van der Waals surface area (Å²) in [6, 6.07) is 2.19. The molecular formula is C16H28N2O. The van der Waals surface area contributed by atoms with Crippen LogP contribution in [0.4, 0.5) is 5.69 Å². The van der Waals surface area contributed by atoms with Gasteiger partial charge in [-0.2, -0.15) is 0 Å². The molecule has 0 amide bonds. The molecule has 0 saturated heterocycles. The van der Waals surface area contributed by atoms with Crippen LogP contribution in [0.15, 0.2) is 18.5 Å². The number of anilines is 1. The lowest BCUT2D eigenvalue weighted by Gasteiger charge is -2.32. The van der Waals surface area contributed by atoms with Crippen molar-refractivity contribution in [1.29, 1.82) is 0 Å². The first-order chi connectivity index (χ1) is 9.33. The van der Waals surface area contributed by atoms with E-state index in [0.717, 1.165) is 13.2 Å². The minimum absolute atomic E-state index is 0.709. The van der Waals surface area contributed by atoms with Crippen molar-refractivity contribution >= 4 is 5.69 Å². The van der Waals surface area contributed by atoms with Crippen LogP contribution in [-0.2, 0) is 4.74 Å². The van der Waals surface area contributed by atoms with Gasteiger partial charge in [0, 0.05) is 33.5 Å². The van der Waals surface area contributed by atoms with E-state index >= 15 is 0 Å². The highest BCUT2D eigenvalue weighted by atomic mass is 16.5. The standard InChI is InChI=1S/C14H22N2O.C2H6/c1-16-9-7-12(5-3-4-10-17-2)13-6-8-15-11-14(13)16;1-2/h6,8,11-12H,3-5,7,9-10H2,1-2H3;1-2H3. The first kappa shape index (κ1) is 16.0. The number of nitrogens with zero attached hydrogens (tertiary/aromatic N) is 2. The maximum absolute atomic E-state index is 5.10. The number of hydrogen-bond acceptors (Lipinski definition) is 3. The SMILES string of the molecule is CC.COCCCCC1CCN(C)c2cnccc21. The fourth-order valence-corrected chi connectivity index (χ4v) is 2.62. The molecule has 2 rings (SSSR count). The predicted molar refractivity (Wildman–Crippen MR) is 81.9 cm³/mol. The first-order valence-corrected chi connectivity index (χ1v) is 7.47. The van der Waals surface area contributed by atoms with Crippen molar-refractivity contribution in [3.05, 3.63) is 24.0 Å². The quantitative estimate of drug-likeness (QED) is 0.755. The van der Waals surface area contributed by atoms with E-state index < -0.39 is 0 Å². The van der Waals surface area contributed by atoms with E-state index in [2.05, 4.69) is 23.0 Å². The Balaban J connectivity index is 0.000000861. The van der Waals surface area contributed by atoms with Gasteiger partial charge in [-0.1, -0.05) is 20.3 Å². The summed E-state index contributed by atoms with van der Waals surface area (Å²) in [4.78, 5) is 6.54. The second kappa shape index (κ2) is 8.92. The highest BCUT2D eigenvalue weighted by molar-refractivity contribution is 5.54. The molecule has 1 unspecified atom stereocenters. The van der Waals surface area contributed by atoms with Crippen LogP contribution in [0.25, 0.3) is 0 Å². The van der Waals surface area contributed by atoms with Crippen LogP contribution in [-0.4, -0.2) is 32.3 Å². The molecule has 0 aromatic carbocycles. The fraction of sp³-hybridized carbons (Fsp3) is 0.688. The first-order valence-electron chi connectivity index (χ1n) is 7.47. The molecule has 0 bridgehead atoms.